The first kappa shape index (κ1) is 14.9. The number of hydrogen-bond acceptors (Lipinski definition) is 7. The summed E-state index contributed by atoms with van der Waals surface area (Å²) in [5.41, 5.74) is -0.931. The van der Waals surface area contributed by atoms with Crippen LogP contribution in [0.1, 0.15) is 17.3 Å². The Labute approximate surface area is 107 Å². The van der Waals surface area contributed by atoms with Crippen LogP contribution in [-0.2, 0) is 15.1 Å². The predicted octanol–water partition coefficient (Wildman–Crippen LogP) is 0.953. The molecule has 0 saturated heterocycles. The maximum Gasteiger partial charge on any atom is 0.446 e. The van der Waals surface area contributed by atoms with Crippen LogP contribution in [0.3, 0.4) is 0 Å². The Morgan fingerprint density at radius 1 is 1.47 bits per heavy atom. The van der Waals surface area contributed by atoms with Crippen molar-refractivity contribution >= 4 is 22.1 Å². The average molecular weight is 291 g/mol. The minimum Gasteiger partial charge on any atom is -0.462 e. The lowest BCUT2D eigenvalue weighted by molar-refractivity contribution is -0.384. The number of carbonyl (C=O) groups is 1. The summed E-state index contributed by atoms with van der Waals surface area (Å²) >= 11 is 0. The molecule has 0 bridgehead atoms. The molecule has 0 unspecified atom stereocenters. The molecule has 1 rings (SSSR count). The second-order valence-corrected chi connectivity index (χ2v) is 4.19. The molecule has 1 aromatic rings. The molecule has 0 spiro atoms. The number of nitrogens with zero attached hydrogens (tertiary/aromatic N) is 1. The van der Waals surface area contributed by atoms with Crippen molar-refractivity contribution < 1.29 is 31.6 Å². The third kappa shape index (κ3) is 4.19. The van der Waals surface area contributed by atoms with Crippen LogP contribution in [0.4, 0.5) is 5.69 Å². The van der Waals surface area contributed by atoms with Gasteiger partial charge in [0.15, 0.2) is 5.75 Å². The molecule has 0 atom stereocenters. The highest BCUT2D eigenvalue weighted by Gasteiger charge is 2.21. The van der Waals surface area contributed by atoms with E-state index in [-0.39, 0.29) is 6.61 Å². The Balaban J connectivity index is 3.30. The molecule has 1 N–H and O–H groups in total. The maximum atomic E-state index is 11.5. The minimum atomic E-state index is -4.86. The Morgan fingerprint density at radius 3 is 2.58 bits per heavy atom. The fourth-order valence-electron chi connectivity index (χ4n) is 1.19. The SMILES string of the molecule is CCOC(=O)c1cc([N+](=O)[O-])ccc1OS(=O)(=O)O. The van der Waals surface area contributed by atoms with Gasteiger partial charge in [-0.3, -0.25) is 14.7 Å². The normalized spacial score (nSPS) is 10.8. The fourth-order valence-corrected chi connectivity index (χ4v) is 1.56. The van der Waals surface area contributed by atoms with Gasteiger partial charge in [0.2, 0.25) is 0 Å². The zero-order valence-corrected chi connectivity index (χ0v) is 10.4. The van der Waals surface area contributed by atoms with Gasteiger partial charge in [0.25, 0.3) is 5.69 Å². The van der Waals surface area contributed by atoms with Crippen LogP contribution in [0.25, 0.3) is 0 Å². The van der Waals surface area contributed by atoms with Crippen LogP contribution in [0, 0.1) is 10.1 Å². The number of carbonyl (C=O) groups excluding carboxylic acids is 1. The van der Waals surface area contributed by atoms with Crippen molar-refractivity contribution in [2.24, 2.45) is 0 Å². The molecule has 10 heteroatoms. The van der Waals surface area contributed by atoms with E-state index in [9.17, 15) is 23.3 Å². The van der Waals surface area contributed by atoms with Crippen molar-refractivity contribution in [1.82, 2.24) is 0 Å². The van der Waals surface area contributed by atoms with E-state index in [1.807, 2.05) is 0 Å². The van der Waals surface area contributed by atoms with Crippen LogP contribution in [0.2, 0.25) is 0 Å². The first-order valence-corrected chi connectivity index (χ1v) is 6.23. The summed E-state index contributed by atoms with van der Waals surface area (Å²) in [5.74, 6) is -1.57. The number of nitro groups is 1. The van der Waals surface area contributed by atoms with E-state index in [2.05, 4.69) is 8.92 Å². The highest BCUT2D eigenvalue weighted by atomic mass is 32.3. The molecule has 0 aliphatic rings. The van der Waals surface area contributed by atoms with Gasteiger partial charge in [0.1, 0.15) is 5.56 Å². The lowest BCUT2D eigenvalue weighted by Gasteiger charge is -2.07. The molecule has 0 aliphatic carbocycles. The molecule has 0 aromatic heterocycles. The van der Waals surface area contributed by atoms with Crippen molar-refractivity contribution in [1.29, 1.82) is 0 Å². The quantitative estimate of drug-likeness (QED) is 0.367. The summed E-state index contributed by atoms with van der Waals surface area (Å²) in [7, 11) is -4.86. The number of ether oxygens (including phenoxy) is 1. The number of non-ortho nitro benzene ring substituents is 1. The van der Waals surface area contributed by atoms with E-state index < -0.39 is 38.3 Å². The average Bonchev–Trinajstić information content (AvgIpc) is 2.27. The number of hydrogen-bond donors (Lipinski definition) is 1. The summed E-state index contributed by atoms with van der Waals surface area (Å²) in [4.78, 5) is 21.3. The summed E-state index contributed by atoms with van der Waals surface area (Å²) in [5, 5.41) is 10.6. The smallest absolute Gasteiger partial charge is 0.446 e. The fraction of sp³-hybridized carbons (Fsp3) is 0.222. The summed E-state index contributed by atoms with van der Waals surface area (Å²) in [6.45, 7) is 1.48. The Morgan fingerprint density at radius 2 is 2.11 bits per heavy atom. The van der Waals surface area contributed by atoms with Crippen molar-refractivity contribution in [3.05, 3.63) is 33.9 Å². The van der Waals surface area contributed by atoms with Crippen LogP contribution in [0.5, 0.6) is 5.75 Å². The van der Waals surface area contributed by atoms with Crippen molar-refractivity contribution in [3.63, 3.8) is 0 Å². The monoisotopic (exact) mass is 291 g/mol. The van der Waals surface area contributed by atoms with Crippen molar-refractivity contribution in [3.8, 4) is 5.75 Å². The van der Waals surface area contributed by atoms with Gasteiger partial charge in [-0.15, -0.1) is 0 Å². The van der Waals surface area contributed by atoms with Gasteiger partial charge in [-0.05, 0) is 13.0 Å². The molecule has 19 heavy (non-hydrogen) atoms. The van der Waals surface area contributed by atoms with Crippen molar-refractivity contribution in [2.75, 3.05) is 6.61 Å². The molecular formula is C9H9NO8S. The molecule has 0 aliphatic heterocycles. The second-order valence-electron chi connectivity index (χ2n) is 3.17. The third-order valence-corrected chi connectivity index (χ3v) is 2.25. The predicted molar refractivity (Wildman–Crippen MR) is 61.2 cm³/mol. The molecule has 1 aromatic carbocycles. The van der Waals surface area contributed by atoms with E-state index in [1.165, 1.54) is 6.92 Å². The largest absolute Gasteiger partial charge is 0.462 e. The highest BCUT2D eigenvalue weighted by molar-refractivity contribution is 7.81. The van der Waals surface area contributed by atoms with Gasteiger partial charge in [-0.2, -0.15) is 8.42 Å². The molecular weight excluding hydrogens is 282 g/mol. The second kappa shape index (κ2) is 5.63. The zero-order valence-electron chi connectivity index (χ0n) is 9.60. The molecule has 0 saturated carbocycles. The number of benzene rings is 1. The van der Waals surface area contributed by atoms with Gasteiger partial charge in [0, 0.05) is 12.1 Å². The lowest BCUT2D eigenvalue weighted by Crippen LogP contribution is -2.12. The molecule has 0 radical (unpaired) electrons. The highest BCUT2D eigenvalue weighted by Crippen LogP contribution is 2.26. The Kier molecular flexibility index (Phi) is 4.40. The standard InChI is InChI=1S/C9H9NO8S/c1-2-17-9(11)7-5-6(10(12)13)3-4-8(7)18-19(14,15)16/h3-5H,2H2,1H3,(H,14,15,16). The Hall–Kier alpha value is -2.20. The number of nitro benzene ring substituents is 1. The summed E-state index contributed by atoms with van der Waals surface area (Å²) < 4.78 is 38.5. The Bertz CT molecular complexity index is 609. The van der Waals surface area contributed by atoms with Crippen LogP contribution < -0.4 is 4.18 Å². The van der Waals surface area contributed by atoms with Gasteiger partial charge >= 0.3 is 16.4 Å². The van der Waals surface area contributed by atoms with E-state index in [4.69, 9.17) is 4.55 Å². The topological polar surface area (TPSA) is 133 Å². The van der Waals surface area contributed by atoms with E-state index in [0.29, 0.717) is 0 Å². The van der Waals surface area contributed by atoms with Crippen LogP contribution in [-0.4, -0.2) is 30.5 Å². The van der Waals surface area contributed by atoms with Gasteiger partial charge in [-0.1, -0.05) is 0 Å². The van der Waals surface area contributed by atoms with Crippen LogP contribution >= 0.6 is 0 Å². The molecule has 0 heterocycles. The lowest BCUT2D eigenvalue weighted by atomic mass is 10.2. The minimum absolute atomic E-state index is 0.0210. The van der Waals surface area contributed by atoms with E-state index >= 15 is 0 Å². The molecule has 0 amide bonds. The summed E-state index contributed by atoms with van der Waals surface area (Å²) in [6.07, 6.45) is 0. The van der Waals surface area contributed by atoms with E-state index in [1.54, 1.807) is 0 Å². The first-order chi connectivity index (χ1) is 8.74. The number of rotatable bonds is 5. The molecule has 9 nitrogen and oxygen atoms in total. The first-order valence-electron chi connectivity index (χ1n) is 4.87. The van der Waals surface area contributed by atoms with E-state index in [0.717, 1.165) is 18.2 Å². The van der Waals surface area contributed by atoms with Gasteiger partial charge in [0.05, 0.1) is 11.5 Å². The number of esters is 1. The third-order valence-electron chi connectivity index (χ3n) is 1.86. The van der Waals surface area contributed by atoms with Crippen LogP contribution in [0.15, 0.2) is 18.2 Å². The molecule has 0 fully saturated rings. The van der Waals surface area contributed by atoms with Crippen molar-refractivity contribution in [2.45, 2.75) is 6.92 Å². The molecule has 104 valence electrons. The summed E-state index contributed by atoms with van der Waals surface area (Å²) in [6, 6.07) is 2.58. The van der Waals surface area contributed by atoms with Gasteiger partial charge in [-0.25, -0.2) is 4.79 Å². The van der Waals surface area contributed by atoms with Gasteiger partial charge < -0.3 is 8.92 Å². The maximum absolute atomic E-state index is 11.5. The zero-order chi connectivity index (χ0) is 14.6.